The minimum Gasteiger partial charge on any atom is -0.321 e. The molecule has 0 aromatic heterocycles. The van der Waals surface area contributed by atoms with E-state index >= 15 is 0 Å². The molecule has 1 saturated heterocycles. The predicted octanol–water partition coefficient (Wildman–Crippen LogP) is 3.68. The van der Waals surface area contributed by atoms with E-state index in [2.05, 4.69) is 22.2 Å². The number of unbranched alkanes of at least 4 members (excludes halogenated alkanes) is 1. The van der Waals surface area contributed by atoms with Crippen LogP contribution in [0.2, 0.25) is 0 Å². The summed E-state index contributed by atoms with van der Waals surface area (Å²) in [4.78, 5) is 29.9. The SMILES string of the molecule is CN1CCN(CCCCC(=O)c2ccccc2NC(=O)c2ccccc2F)CC1. The fraction of sp³-hybridized carbons (Fsp3) is 0.391. The van der Waals surface area contributed by atoms with E-state index in [9.17, 15) is 14.0 Å². The van der Waals surface area contributed by atoms with Crippen molar-refractivity contribution in [3.63, 3.8) is 0 Å². The van der Waals surface area contributed by atoms with Gasteiger partial charge in [-0.1, -0.05) is 24.3 Å². The molecule has 0 atom stereocenters. The van der Waals surface area contributed by atoms with Crippen molar-refractivity contribution >= 4 is 17.4 Å². The Labute approximate surface area is 171 Å². The third-order valence-corrected chi connectivity index (χ3v) is 5.32. The number of para-hydroxylation sites is 1. The largest absolute Gasteiger partial charge is 0.321 e. The van der Waals surface area contributed by atoms with Gasteiger partial charge >= 0.3 is 0 Å². The van der Waals surface area contributed by atoms with Gasteiger partial charge in [0.15, 0.2) is 5.78 Å². The van der Waals surface area contributed by atoms with E-state index in [4.69, 9.17) is 0 Å². The van der Waals surface area contributed by atoms with Crippen LogP contribution in [0.4, 0.5) is 10.1 Å². The molecule has 0 saturated carbocycles. The van der Waals surface area contributed by atoms with Gasteiger partial charge in [-0.3, -0.25) is 9.59 Å². The number of nitrogens with one attached hydrogen (secondary N) is 1. The number of hydrogen-bond acceptors (Lipinski definition) is 4. The Morgan fingerprint density at radius 3 is 2.31 bits per heavy atom. The molecule has 3 rings (SSSR count). The molecule has 154 valence electrons. The molecular weight excluding hydrogens is 369 g/mol. The lowest BCUT2D eigenvalue weighted by Gasteiger charge is -2.32. The number of ketones is 1. The van der Waals surface area contributed by atoms with Gasteiger partial charge in [0, 0.05) is 38.2 Å². The second kappa shape index (κ2) is 10.3. The van der Waals surface area contributed by atoms with Crippen LogP contribution in [0.1, 0.15) is 40.0 Å². The molecule has 1 aliphatic heterocycles. The number of amides is 1. The minimum absolute atomic E-state index is 0.00666. The maximum absolute atomic E-state index is 13.8. The van der Waals surface area contributed by atoms with E-state index < -0.39 is 11.7 Å². The van der Waals surface area contributed by atoms with Crippen molar-refractivity contribution in [1.29, 1.82) is 0 Å². The summed E-state index contributed by atoms with van der Waals surface area (Å²) in [5.41, 5.74) is 0.850. The van der Waals surface area contributed by atoms with Crippen molar-refractivity contribution in [2.45, 2.75) is 19.3 Å². The number of rotatable bonds is 8. The lowest BCUT2D eigenvalue weighted by molar-refractivity contribution is 0.0976. The van der Waals surface area contributed by atoms with Crippen molar-refractivity contribution in [2.24, 2.45) is 0 Å². The number of carbonyl (C=O) groups is 2. The van der Waals surface area contributed by atoms with E-state index in [1.807, 2.05) is 0 Å². The van der Waals surface area contributed by atoms with Crippen molar-refractivity contribution in [3.8, 4) is 0 Å². The Hall–Kier alpha value is -2.57. The van der Waals surface area contributed by atoms with Gasteiger partial charge in [0.25, 0.3) is 5.91 Å². The molecule has 1 N–H and O–H groups in total. The summed E-state index contributed by atoms with van der Waals surface area (Å²) in [6, 6.07) is 12.7. The van der Waals surface area contributed by atoms with Gasteiger partial charge in [0.05, 0.1) is 11.3 Å². The maximum Gasteiger partial charge on any atom is 0.258 e. The molecule has 1 heterocycles. The molecule has 1 aliphatic rings. The zero-order chi connectivity index (χ0) is 20.6. The first-order valence-electron chi connectivity index (χ1n) is 10.1. The van der Waals surface area contributed by atoms with Crippen LogP contribution in [0.25, 0.3) is 0 Å². The van der Waals surface area contributed by atoms with Crippen LogP contribution in [0.3, 0.4) is 0 Å². The summed E-state index contributed by atoms with van der Waals surface area (Å²) in [5, 5.41) is 2.68. The lowest BCUT2D eigenvalue weighted by atomic mass is 10.0. The highest BCUT2D eigenvalue weighted by Crippen LogP contribution is 2.20. The number of benzene rings is 2. The van der Waals surface area contributed by atoms with E-state index in [1.54, 1.807) is 30.3 Å². The molecule has 6 heteroatoms. The fourth-order valence-electron chi connectivity index (χ4n) is 3.50. The highest BCUT2D eigenvalue weighted by molar-refractivity contribution is 6.09. The van der Waals surface area contributed by atoms with Crippen LogP contribution >= 0.6 is 0 Å². The van der Waals surface area contributed by atoms with Crippen LogP contribution in [-0.2, 0) is 0 Å². The number of anilines is 1. The number of nitrogens with zero attached hydrogens (tertiary/aromatic N) is 2. The molecule has 0 unspecified atom stereocenters. The molecule has 0 spiro atoms. The Morgan fingerprint density at radius 1 is 0.931 bits per heavy atom. The first kappa shape index (κ1) is 21.1. The number of carbonyl (C=O) groups excluding carboxylic acids is 2. The van der Waals surface area contributed by atoms with Gasteiger partial charge in [0.2, 0.25) is 0 Å². The molecule has 29 heavy (non-hydrogen) atoms. The zero-order valence-corrected chi connectivity index (χ0v) is 16.9. The molecule has 0 radical (unpaired) electrons. The van der Waals surface area contributed by atoms with Crippen LogP contribution in [0, 0.1) is 5.82 Å². The molecular formula is C23H28FN3O2. The third-order valence-electron chi connectivity index (χ3n) is 5.32. The molecule has 0 bridgehead atoms. The predicted molar refractivity (Wildman–Crippen MR) is 113 cm³/mol. The minimum atomic E-state index is -0.585. The number of likely N-dealkylation sites (N-methyl/N-ethyl adjacent to an activating group) is 1. The highest BCUT2D eigenvalue weighted by atomic mass is 19.1. The second-order valence-corrected chi connectivity index (χ2v) is 7.50. The lowest BCUT2D eigenvalue weighted by Crippen LogP contribution is -2.44. The van der Waals surface area contributed by atoms with Crippen molar-refractivity contribution in [3.05, 3.63) is 65.5 Å². The summed E-state index contributed by atoms with van der Waals surface area (Å²) >= 11 is 0. The van der Waals surface area contributed by atoms with Crippen LogP contribution in [0.15, 0.2) is 48.5 Å². The smallest absolute Gasteiger partial charge is 0.258 e. The maximum atomic E-state index is 13.8. The molecule has 2 aromatic rings. The zero-order valence-electron chi connectivity index (χ0n) is 16.9. The summed E-state index contributed by atoms with van der Waals surface area (Å²) in [6.45, 7) is 5.35. The third kappa shape index (κ3) is 5.95. The topological polar surface area (TPSA) is 52.6 Å². The highest BCUT2D eigenvalue weighted by Gasteiger charge is 2.17. The number of hydrogen-bond donors (Lipinski definition) is 1. The Kier molecular flexibility index (Phi) is 7.49. The van der Waals surface area contributed by atoms with Crippen LogP contribution in [0.5, 0.6) is 0 Å². The van der Waals surface area contributed by atoms with Gasteiger partial charge < -0.3 is 15.1 Å². The van der Waals surface area contributed by atoms with E-state index in [-0.39, 0.29) is 11.3 Å². The quantitative estimate of drug-likeness (QED) is 0.545. The van der Waals surface area contributed by atoms with Crippen molar-refractivity contribution < 1.29 is 14.0 Å². The van der Waals surface area contributed by atoms with Gasteiger partial charge in [-0.2, -0.15) is 0 Å². The van der Waals surface area contributed by atoms with Crippen LogP contribution in [-0.4, -0.2) is 61.3 Å². The van der Waals surface area contributed by atoms with Gasteiger partial charge in [0.1, 0.15) is 5.82 Å². The Balaban J connectivity index is 1.53. The molecule has 1 amide bonds. The summed E-state index contributed by atoms with van der Waals surface area (Å²) < 4.78 is 13.8. The normalized spacial score (nSPS) is 15.2. The number of Topliss-reactive ketones (excluding diaryl/α,β-unsaturated/α-hetero) is 1. The average molecular weight is 397 g/mol. The molecule has 5 nitrogen and oxygen atoms in total. The van der Waals surface area contributed by atoms with Crippen LogP contribution < -0.4 is 5.32 Å². The van der Waals surface area contributed by atoms with E-state index in [1.165, 1.54) is 18.2 Å². The first-order chi connectivity index (χ1) is 14.0. The summed E-state index contributed by atoms with van der Waals surface area (Å²) in [7, 11) is 2.14. The summed E-state index contributed by atoms with van der Waals surface area (Å²) in [6.07, 6.45) is 2.21. The monoisotopic (exact) mass is 397 g/mol. The fourth-order valence-corrected chi connectivity index (χ4v) is 3.50. The van der Waals surface area contributed by atoms with Gasteiger partial charge in [-0.15, -0.1) is 0 Å². The Bertz CT molecular complexity index is 848. The standard InChI is InChI=1S/C23H28FN3O2/c1-26-14-16-27(17-15-26)13-7-6-12-22(28)19-9-3-5-11-21(19)25-23(29)18-8-2-4-10-20(18)24/h2-5,8-11H,6-7,12-17H2,1H3,(H,25,29). The molecule has 0 aliphatic carbocycles. The average Bonchev–Trinajstić information content (AvgIpc) is 2.73. The Morgan fingerprint density at radius 2 is 1.59 bits per heavy atom. The van der Waals surface area contributed by atoms with Gasteiger partial charge in [-0.05, 0) is 50.7 Å². The van der Waals surface area contributed by atoms with Crippen molar-refractivity contribution in [1.82, 2.24) is 9.80 Å². The molecule has 2 aromatic carbocycles. The number of piperazine rings is 1. The van der Waals surface area contributed by atoms with Crippen molar-refractivity contribution in [2.75, 3.05) is 45.1 Å². The van der Waals surface area contributed by atoms with Gasteiger partial charge in [-0.25, -0.2) is 4.39 Å². The second-order valence-electron chi connectivity index (χ2n) is 7.50. The number of halogens is 1. The van der Waals surface area contributed by atoms with E-state index in [0.29, 0.717) is 17.7 Å². The first-order valence-corrected chi connectivity index (χ1v) is 10.1. The summed E-state index contributed by atoms with van der Waals surface area (Å²) in [5.74, 6) is -1.15. The molecule has 1 fully saturated rings. The van der Waals surface area contributed by atoms with E-state index in [0.717, 1.165) is 45.6 Å².